The standard InChI is InChI=1S/C10H19NO3/c1-3-14-9(10(12)13)7-11(2)6-8-4-5-8/h8-9H,3-7H2,1-2H3,(H,12,13). The van der Waals surface area contributed by atoms with Crippen molar-refractivity contribution in [2.75, 3.05) is 26.7 Å². The maximum atomic E-state index is 10.8. The third-order valence-corrected chi connectivity index (χ3v) is 2.39. The number of aliphatic carboxylic acids is 1. The minimum atomic E-state index is -0.866. The van der Waals surface area contributed by atoms with Crippen LogP contribution in [0.15, 0.2) is 0 Å². The number of nitrogens with zero attached hydrogens (tertiary/aromatic N) is 1. The number of hydrogen-bond donors (Lipinski definition) is 1. The van der Waals surface area contributed by atoms with Gasteiger partial charge < -0.3 is 14.7 Å². The van der Waals surface area contributed by atoms with E-state index in [9.17, 15) is 4.79 Å². The molecule has 1 saturated carbocycles. The Hall–Kier alpha value is -0.610. The predicted molar refractivity (Wildman–Crippen MR) is 53.3 cm³/mol. The number of carboxylic acid groups (broad SMARTS) is 1. The van der Waals surface area contributed by atoms with Gasteiger partial charge in [-0.05, 0) is 32.7 Å². The van der Waals surface area contributed by atoms with Gasteiger partial charge in [-0.15, -0.1) is 0 Å². The van der Waals surface area contributed by atoms with Gasteiger partial charge in [0.1, 0.15) is 0 Å². The molecule has 0 aliphatic heterocycles. The highest BCUT2D eigenvalue weighted by Crippen LogP contribution is 2.29. The lowest BCUT2D eigenvalue weighted by atomic mass is 10.3. The van der Waals surface area contributed by atoms with Crippen LogP contribution in [-0.2, 0) is 9.53 Å². The molecule has 0 spiro atoms. The molecule has 0 aromatic rings. The maximum Gasteiger partial charge on any atom is 0.334 e. The molecule has 0 radical (unpaired) electrons. The van der Waals surface area contributed by atoms with E-state index < -0.39 is 12.1 Å². The first-order chi connectivity index (χ1) is 6.63. The fraction of sp³-hybridized carbons (Fsp3) is 0.900. The number of rotatable bonds is 7. The molecule has 0 amide bonds. The molecule has 0 saturated heterocycles. The Morgan fingerprint density at radius 1 is 1.64 bits per heavy atom. The summed E-state index contributed by atoms with van der Waals surface area (Å²) in [6.45, 7) is 3.75. The predicted octanol–water partition coefficient (Wildman–Crippen LogP) is 0.818. The smallest absolute Gasteiger partial charge is 0.334 e. The molecule has 0 heterocycles. The lowest BCUT2D eigenvalue weighted by Gasteiger charge is -2.20. The Balaban J connectivity index is 2.25. The number of carbonyl (C=O) groups is 1. The average Bonchev–Trinajstić information content (AvgIpc) is 2.87. The van der Waals surface area contributed by atoms with E-state index in [0.717, 1.165) is 12.5 Å². The van der Waals surface area contributed by atoms with Crippen molar-refractivity contribution in [3.63, 3.8) is 0 Å². The first kappa shape index (κ1) is 11.5. The monoisotopic (exact) mass is 201 g/mol. The SMILES string of the molecule is CCOC(CN(C)CC1CC1)C(=O)O. The summed E-state index contributed by atoms with van der Waals surface area (Å²) < 4.78 is 5.13. The average molecular weight is 201 g/mol. The van der Waals surface area contributed by atoms with Crippen LogP contribution in [0.2, 0.25) is 0 Å². The van der Waals surface area contributed by atoms with Crippen molar-refractivity contribution in [2.24, 2.45) is 5.92 Å². The second-order valence-corrected chi connectivity index (χ2v) is 3.95. The topological polar surface area (TPSA) is 49.8 Å². The van der Waals surface area contributed by atoms with Crippen LogP contribution < -0.4 is 0 Å². The zero-order valence-electron chi connectivity index (χ0n) is 8.90. The van der Waals surface area contributed by atoms with Gasteiger partial charge in [0.25, 0.3) is 0 Å². The van der Waals surface area contributed by atoms with Gasteiger partial charge >= 0.3 is 5.97 Å². The van der Waals surface area contributed by atoms with E-state index in [1.54, 1.807) is 0 Å². The van der Waals surface area contributed by atoms with Crippen molar-refractivity contribution < 1.29 is 14.6 Å². The van der Waals surface area contributed by atoms with Crippen molar-refractivity contribution >= 4 is 5.97 Å². The molecular formula is C10H19NO3. The van der Waals surface area contributed by atoms with E-state index in [2.05, 4.69) is 0 Å². The molecule has 82 valence electrons. The molecule has 1 fully saturated rings. The van der Waals surface area contributed by atoms with Gasteiger partial charge in [-0.25, -0.2) is 4.79 Å². The van der Waals surface area contributed by atoms with Crippen molar-refractivity contribution in [2.45, 2.75) is 25.9 Å². The molecule has 1 N–H and O–H groups in total. The zero-order chi connectivity index (χ0) is 10.6. The van der Waals surface area contributed by atoms with Gasteiger partial charge in [0, 0.05) is 19.7 Å². The Morgan fingerprint density at radius 2 is 2.29 bits per heavy atom. The molecule has 1 aliphatic carbocycles. The largest absolute Gasteiger partial charge is 0.479 e. The summed E-state index contributed by atoms with van der Waals surface area (Å²) in [4.78, 5) is 12.8. The molecule has 4 heteroatoms. The summed E-state index contributed by atoms with van der Waals surface area (Å²) in [6, 6.07) is 0. The van der Waals surface area contributed by atoms with Crippen LogP contribution in [-0.4, -0.2) is 48.8 Å². The molecule has 0 bridgehead atoms. The molecule has 0 aromatic heterocycles. The van der Waals surface area contributed by atoms with Crippen molar-refractivity contribution in [3.05, 3.63) is 0 Å². The van der Waals surface area contributed by atoms with E-state index in [1.165, 1.54) is 12.8 Å². The van der Waals surface area contributed by atoms with Gasteiger partial charge in [0.15, 0.2) is 6.10 Å². The highest BCUT2D eigenvalue weighted by Gasteiger charge is 2.25. The molecule has 1 rings (SSSR count). The van der Waals surface area contributed by atoms with E-state index in [1.807, 2.05) is 18.9 Å². The molecular weight excluding hydrogens is 182 g/mol. The molecule has 1 atom stereocenters. The summed E-state index contributed by atoms with van der Waals surface area (Å²) in [5.74, 6) is -0.0782. The Kier molecular flexibility index (Phi) is 4.35. The van der Waals surface area contributed by atoms with Crippen LogP contribution in [0.4, 0.5) is 0 Å². The lowest BCUT2D eigenvalue weighted by molar-refractivity contribution is -0.151. The summed E-state index contributed by atoms with van der Waals surface area (Å²) in [7, 11) is 1.95. The van der Waals surface area contributed by atoms with E-state index in [-0.39, 0.29) is 0 Å². The van der Waals surface area contributed by atoms with Crippen LogP contribution >= 0.6 is 0 Å². The van der Waals surface area contributed by atoms with Crippen LogP contribution in [0.5, 0.6) is 0 Å². The molecule has 4 nitrogen and oxygen atoms in total. The summed E-state index contributed by atoms with van der Waals surface area (Å²) in [5, 5.41) is 8.85. The van der Waals surface area contributed by atoms with Crippen molar-refractivity contribution in [3.8, 4) is 0 Å². The molecule has 1 unspecified atom stereocenters. The highest BCUT2D eigenvalue weighted by molar-refractivity contribution is 5.72. The number of hydrogen-bond acceptors (Lipinski definition) is 3. The van der Waals surface area contributed by atoms with Crippen molar-refractivity contribution in [1.82, 2.24) is 4.90 Å². The summed E-state index contributed by atoms with van der Waals surface area (Å²) in [6.07, 6.45) is 1.90. The molecule has 1 aliphatic rings. The first-order valence-electron chi connectivity index (χ1n) is 5.16. The van der Waals surface area contributed by atoms with Gasteiger partial charge in [-0.2, -0.15) is 0 Å². The number of likely N-dealkylation sites (N-methyl/N-ethyl adjacent to an activating group) is 1. The molecule has 14 heavy (non-hydrogen) atoms. The second-order valence-electron chi connectivity index (χ2n) is 3.95. The van der Waals surface area contributed by atoms with Crippen LogP contribution in [0, 0.1) is 5.92 Å². The van der Waals surface area contributed by atoms with Gasteiger partial charge in [0.05, 0.1) is 0 Å². The lowest BCUT2D eigenvalue weighted by Crippen LogP contribution is -2.37. The fourth-order valence-corrected chi connectivity index (χ4v) is 1.50. The van der Waals surface area contributed by atoms with Crippen LogP contribution in [0.25, 0.3) is 0 Å². The number of carboxylic acids is 1. The Bertz CT molecular complexity index is 192. The summed E-state index contributed by atoms with van der Waals surface area (Å²) in [5.41, 5.74) is 0. The zero-order valence-corrected chi connectivity index (χ0v) is 8.90. The minimum absolute atomic E-state index is 0.453. The fourth-order valence-electron chi connectivity index (χ4n) is 1.50. The highest BCUT2D eigenvalue weighted by atomic mass is 16.5. The second kappa shape index (κ2) is 5.32. The van der Waals surface area contributed by atoms with E-state index >= 15 is 0 Å². The van der Waals surface area contributed by atoms with Crippen molar-refractivity contribution in [1.29, 1.82) is 0 Å². The van der Waals surface area contributed by atoms with Gasteiger partial charge in [-0.3, -0.25) is 0 Å². The van der Waals surface area contributed by atoms with E-state index in [0.29, 0.717) is 13.2 Å². The van der Waals surface area contributed by atoms with Crippen LogP contribution in [0.1, 0.15) is 19.8 Å². The summed E-state index contributed by atoms with van der Waals surface area (Å²) >= 11 is 0. The quantitative estimate of drug-likeness (QED) is 0.662. The normalized spacial score (nSPS) is 18.5. The maximum absolute atomic E-state index is 10.8. The number of ether oxygens (including phenoxy) is 1. The van der Waals surface area contributed by atoms with Gasteiger partial charge in [-0.1, -0.05) is 0 Å². The third-order valence-electron chi connectivity index (χ3n) is 2.39. The van der Waals surface area contributed by atoms with Crippen LogP contribution in [0.3, 0.4) is 0 Å². The minimum Gasteiger partial charge on any atom is -0.479 e. The Labute approximate surface area is 84.8 Å². The third kappa shape index (κ3) is 4.07. The van der Waals surface area contributed by atoms with Gasteiger partial charge in [0.2, 0.25) is 0 Å². The molecule has 0 aromatic carbocycles. The van der Waals surface area contributed by atoms with E-state index in [4.69, 9.17) is 9.84 Å². The Morgan fingerprint density at radius 3 is 2.71 bits per heavy atom. The first-order valence-corrected chi connectivity index (χ1v) is 5.16.